The Morgan fingerprint density at radius 3 is 2.83 bits per heavy atom. The van der Waals surface area contributed by atoms with Crippen LogP contribution in [0.2, 0.25) is 0 Å². The molecule has 2 N–H and O–H groups in total. The van der Waals surface area contributed by atoms with Crippen LogP contribution in [0.5, 0.6) is 0 Å². The average Bonchev–Trinajstić information content (AvgIpc) is 2.37. The number of thioether (sulfide) groups is 2. The minimum atomic E-state index is 0.00582. The fourth-order valence-corrected chi connectivity index (χ4v) is 2.75. The van der Waals surface area contributed by atoms with Gasteiger partial charge in [-0.1, -0.05) is 19.1 Å². The van der Waals surface area contributed by atoms with Gasteiger partial charge in [-0.05, 0) is 24.8 Å². The van der Waals surface area contributed by atoms with E-state index in [1.54, 1.807) is 23.5 Å². The predicted molar refractivity (Wildman–Crippen MR) is 80.5 cm³/mol. The first-order chi connectivity index (χ1) is 8.67. The van der Waals surface area contributed by atoms with E-state index in [0.29, 0.717) is 11.0 Å². The van der Waals surface area contributed by atoms with Gasteiger partial charge in [-0.25, -0.2) is 0 Å². The third-order valence-electron chi connectivity index (χ3n) is 2.42. The Kier molecular flexibility index (Phi) is 7.23. The molecular weight excluding hydrogens is 266 g/mol. The van der Waals surface area contributed by atoms with Crippen molar-refractivity contribution < 1.29 is 9.90 Å². The van der Waals surface area contributed by atoms with Gasteiger partial charge in [-0.2, -0.15) is 0 Å². The predicted octanol–water partition coefficient (Wildman–Crippen LogP) is 2.85. The van der Waals surface area contributed by atoms with E-state index in [2.05, 4.69) is 5.32 Å². The van der Waals surface area contributed by atoms with Crippen LogP contribution >= 0.6 is 23.5 Å². The van der Waals surface area contributed by atoms with Crippen LogP contribution in [-0.2, 0) is 4.79 Å². The molecule has 1 unspecified atom stereocenters. The third-order valence-corrected chi connectivity index (χ3v) is 4.45. The smallest absolute Gasteiger partial charge is 0.234 e. The minimum absolute atomic E-state index is 0.00582. The monoisotopic (exact) mass is 285 g/mol. The fourth-order valence-electron chi connectivity index (χ4n) is 1.42. The van der Waals surface area contributed by atoms with E-state index in [-0.39, 0.29) is 12.5 Å². The number of nitrogens with one attached hydrogen (secondary N) is 1. The summed E-state index contributed by atoms with van der Waals surface area (Å²) in [5.74, 6) is 0.426. The van der Waals surface area contributed by atoms with Crippen LogP contribution in [0, 0.1) is 0 Å². The van der Waals surface area contributed by atoms with Crippen LogP contribution in [0.4, 0.5) is 5.69 Å². The molecule has 1 aromatic carbocycles. The van der Waals surface area contributed by atoms with Gasteiger partial charge in [0.2, 0.25) is 5.91 Å². The molecule has 1 aromatic rings. The molecular formula is C13H19NO2S2. The van der Waals surface area contributed by atoms with Gasteiger partial charge >= 0.3 is 0 Å². The highest BCUT2D eigenvalue weighted by Gasteiger charge is 2.08. The minimum Gasteiger partial charge on any atom is -0.396 e. The number of para-hydroxylation sites is 1. The maximum atomic E-state index is 11.8. The van der Waals surface area contributed by atoms with E-state index >= 15 is 0 Å². The second-order valence-corrected chi connectivity index (χ2v) is 6.16. The van der Waals surface area contributed by atoms with Crippen molar-refractivity contribution in [2.45, 2.75) is 23.5 Å². The zero-order valence-corrected chi connectivity index (χ0v) is 12.3. The molecule has 0 fully saturated rings. The zero-order chi connectivity index (χ0) is 13.4. The molecule has 0 radical (unpaired) electrons. The molecule has 0 aliphatic rings. The van der Waals surface area contributed by atoms with Gasteiger partial charge < -0.3 is 10.4 Å². The summed E-state index contributed by atoms with van der Waals surface area (Å²) in [6, 6.07) is 7.77. The van der Waals surface area contributed by atoms with E-state index in [1.165, 1.54) is 0 Å². The largest absolute Gasteiger partial charge is 0.396 e. The van der Waals surface area contributed by atoms with E-state index < -0.39 is 0 Å². The van der Waals surface area contributed by atoms with Crippen LogP contribution in [-0.4, -0.2) is 34.9 Å². The number of benzene rings is 1. The normalized spacial score (nSPS) is 12.2. The van der Waals surface area contributed by atoms with Crippen molar-refractivity contribution in [3.05, 3.63) is 24.3 Å². The summed E-state index contributed by atoms with van der Waals surface area (Å²) in [5, 5.41) is 12.0. The molecule has 0 aromatic heterocycles. The topological polar surface area (TPSA) is 49.3 Å². The quantitative estimate of drug-likeness (QED) is 0.756. The highest BCUT2D eigenvalue weighted by atomic mass is 32.2. The van der Waals surface area contributed by atoms with Crippen LogP contribution < -0.4 is 5.32 Å². The number of aliphatic hydroxyl groups excluding tert-OH is 1. The summed E-state index contributed by atoms with van der Waals surface area (Å²) in [6.07, 6.45) is 2.71. The molecule has 0 heterocycles. The van der Waals surface area contributed by atoms with Crippen molar-refractivity contribution in [3.8, 4) is 0 Å². The summed E-state index contributed by atoms with van der Waals surface area (Å²) in [6.45, 7) is 2.19. The maximum Gasteiger partial charge on any atom is 0.234 e. The van der Waals surface area contributed by atoms with Gasteiger partial charge in [0, 0.05) is 16.8 Å². The summed E-state index contributed by atoms with van der Waals surface area (Å²) in [4.78, 5) is 12.9. The third kappa shape index (κ3) is 5.33. The molecule has 0 aliphatic carbocycles. The molecule has 5 heteroatoms. The van der Waals surface area contributed by atoms with Gasteiger partial charge in [0.05, 0.1) is 11.4 Å². The Hall–Kier alpha value is -0.650. The lowest BCUT2D eigenvalue weighted by Crippen LogP contribution is -2.16. The fraction of sp³-hybridized carbons (Fsp3) is 0.462. The van der Waals surface area contributed by atoms with Crippen molar-refractivity contribution in [1.82, 2.24) is 0 Å². The van der Waals surface area contributed by atoms with Gasteiger partial charge in [-0.15, -0.1) is 23.5 Å². The Labute approximate surface area is 117 Å². The Balaban J connectivity index is 2.44. The summed E-state index contributed by atoms with van der Waals surface area (Å²) < 4.78 is 0. The van der Waals surface area contributed by atoms with E-state index in [0.717, 1.165) is 17.0 Å². The molecule has 1 rings (SSSR count). The second kappa shape index (κ2) is 8.45. The molecule has 0 saturated heterocycles. The van der Waals surface area contributed by atoms with Crippen molar-refractivity contribution in [1.29, 1.82) is 0 Å². The van der Waals surface area contributed by atoms with Gasteiger partial charge in [0.15, 0.2) is 0 Å². The number of anilines is 1. The lowest BCUT2D eigenvalue weighted by molar-refractivity contribution is -0.113. The second-order valence-electron chi connectivity index (χ2n) is 3.88. The average molecular weight is 285 g/mol. The van der Waals surface area contributed by atoms with E-state index in [1.807, 2.05) is 37.4 Å². The molecule has 1 atom stereocenters. The maximum absolute atomic E-state index is 11.8. The van der Waals surface area contributed by atoms with Crippen molar-refractivity contribution >= 4 is 35.1 Å². The van der Waals surface area contributed by atoms with Crippen molar-refractivity contribution in [3.63, 3.8) is 0 Å². The number of carbonyl (C=O) groups is 1. The molecule has 0 bridgehead atoms. The first-order valence-corrected chi connectivity index (χ1v) is 8.10. The Morgan fingerprint density at radius 1 is 1.44 bits per heavy atom. The lowest BCUT2D eigenvalue weighted by atomic mass is 10.3. The lowest BCUT2D eigenvalue weighted by Gasteiger charge is -2.11. The standard InChI is InChI=1S/C13H19NO2S2/c1-10(7-8-15)18-9-13(16)14-11-5-3-4-6-12(11)17-2/h3-6,10,15H,7-9H2,1-2H3,(H,14,16). The van der Waals surface area contributed by atoms with Crippen molar-refractivity contribution in [2.75, 3.05) is 23.9 Å². The zero-order valence-electron chi connectivity index (χ0n) is 10.7. The summed E-state index contributed by atoms with van der Waals surface area (Å²) >= 11 is 3.18. The molecule has 0 saturated carbocycles. The molecule has 100 valence electrons. The number of rotatable bonds is 7. The summed E-state index contributed by atoms with van der Waals surface area (Å²) in [5.41, 5.74) is 0.866. The molecule has 3 nitrogen and oxygen atoms in total. The van der Waals surface area contributed by atoms with Crippen molar-refractivity contribution in [2.24, 2.45) is 0 Å². The summed E-state index contributed by atoms with van der Waals surface area (Å²) in [7, 11) is 0. The molecule has 18 heavy (non-hydrogen) atoms. The molecule has 0 aliphatic heterocycles. The van der Waals surface area contributed by atoms with Gasteiger partial charge in [-0.3, -0.25) is 4.79 Å². The van der Waals surface area contributed by atoms with Crippen LogP contribution in [0.3, 0.4) is 0 Å². The molecule has 1 amide bonds. The number of amides is 1. The highest BCUT2D eigenvalue weighted by Crippen LogP contribution is 2.25. The van der Waals surface area contributed by atoms with Gasteiger partial charge in [0.1, 0.15) is 0 Å². The van der Waals surface area contributed by atoms with Crippen LogP contribution in [0.25, 0.3) is 0 Å². The van der Waals surface area contributed by atoms with Crippen LogP contribution in [0.1, 0.15) is 13.3 Å². The Morgan fingerprint density at radius 2 is 2.17 bits per heavy atom. The van der Waals surface area contributed by atoms with Crippen LogP contribution in [0.15, 0.2) is 29.2 Å². The molecule has 0 spiro atoms. The number of hydrogen-bond acceptors (Lipinski definition) is 4. The SMILES string of the molecule is CSc1ccccc1NC(=O)CSC(C)CCO. The Bertz CT molecular complexity index is 385. The number of hydrogen-bond donors (Lipinski definition) is 2. The number of aliphatic hydroxyl groups is 1. The first-order valence-electron chi connectivity index (χ1n) is 5.82. The van der Waals surface area contributed by atoms with E-state index in [9.17, 15) is 4.79 Å². The highest BCUT2D eigenvalue weighted by molar-refractivity contribution is 8.00. The van der Waals surface area contributed by atoms with Gasteiger partial charge in [0.25, 0.3) is 0 Å². The first kappa shape index (κ1) is 15.4. The number of carbonyl (C=O) groups excluding carboxylic acids is 1. The van der Waals surface area contributed by atoms with E-state index in [4.69, 9.17) is 5.11 Å².